The van der Waals surface area contributed by atoms with Crippen LogP contribution in [-0.4, -0.2) is 43.4 Å². The van der Waals surface area contributed by atoms with Gasteiger partial charge < -0.3 is 9.80 Å². The van der Waals surface area contributed by atoms with E-state index in [0.717, 1.165) is 54.7 Å². The molecule has 44 heavy (non-hydrogen) atoms. The number of nitro groups is 1. The molecule has 0 N–H and O–H groups in total. The van der Waals surface area contributed by atoms with Crippen molar-refractivity contribution in [2.45, 2.75) is 63.3 Å². The number of hydrogen-bond donors (Lipinski definition) is 0. The second-order valence-electron chi connectivity index (χ2n) is 12.6. The second-order valence-corrected chi connectivity index (χ2v) is 12.6. The van der Waals surface area contributed by atoms with Crippen molar-refractivity contribution in [3.63, 3.8) is 0 Å². The van der Waals surface area contributed by atoms with Gasteiger partial charge in [-0.15, -0.1) is 0 Å². The molecule has 2 saturated heterocycles. The normalized spacial score (nSPS) is 22.2. The van der Waals surface area contributed by atoms with E-state index in [1.54, 1.807) is 0 Å². The molecule has 2 aliphatic heterocycles. The second kappa shape index (κ2) is 14.1. The van der Waals surface area contributed by atoms with Gasteiger partial charge in [-0.1, -0.05) is 66.7 Å². The fraction of sp³-hybridized carbons (Fsp3) is 0.395. The molecule has 3 aromatic carbocycles. The highest BCUT2D eigenvalue weighted by Gasteiger charge is 2.41. The van der Waals surface area contributed by atoms with Gasteiger partial charge in [-0.2, -0.15) is 0 Å². The zero-order valence-electron chi connectivity index (χ0n) is 25.5. The minimum absolute atomic E-state index is 0.166. The Morgan fingerprint density at radius 2 is 1.27 bits per heavy atom. The lowest BCUT2D eigenvalue weighted by molar-refractivity contribution is -0.528. The molecule has 2 fully saturated rings. The quantitative estimate of drug-likeness (QED) is 0.143. The fourth-order valence-electron chi connectivity index (χ4n) is 7.42. The lowest BCUT2D eigenvalue weighted by atomic mass is 9.72. The molecule has 0 bridgehead atoms. The summed E-state index contributed by atoms with van der Waals surface area (Å²) >= 11 is 0. The van der Waals surface area contributed by atoms with E-state index in [2.05, 4.69) is 64.4 Å². The van der Waals surface area contributed by atoms with E-state index in [0.29, 0.717) is 12.0 Å². The van der Waals surface area contributed by atoms with Crippen molar-refractivity contribution < 1.29 is 9.72 Å². The van der Waals surface area contributed by atoms with Crippen LogP contribution in [0.15, 0.2) is 96.6 Å². The number of anilines is 2. The zero-order chi connectivity index (χ0) is 30.3. The molecule has 0 spiro atoms. The summed E-state index contributed by atoms with van der Waals surface area (Å²) in [6.07, 6.45) is 13.3. The molecule has 3 atom stereocenters. The SMILES string of the molecule is O=CC1=C[C@H](CC=C(c2ccc(N3CCCCC3)cc2)c2ccc(N3CCCCC3)cc2)[C@@H](c2ccccc2)[C@@H]([N+](=O)[O-])C1. The Balaban J connectivity index is 1.35. The molecule has 0 aromatic heterocycles. The highest BCUT2D eigenvalue weighted by atomic mass is 16.6. The van der Waals surface area contributed by atoms with Crippen LogP contribution in [0.4, 0.5) is 11.4 Å². The van der Waals surface area contributed by atoms with Gasteiger partial charge in [-0.25, -0.2) is 0 Å². The van der Waals surface area contributed by atoms with Gasteiger partial charge in [0, 0.05) is 48.9 Å². The van der Waals surface area contributed by atoms with Crippen LogP contribution in [0.5, 0.6) is 0 Å². The molecule has 6 rings (SSSR count). The van der Waals surface area contributed by atoms with Gasteiger partial charge in [-0.05, 0) is 103 Å². The molecule has 0 saturated carbocycles. The Bertz CT molecular complexity index is 1400. The summed E-state index contributed by atoms with van der Waals surface area (Å²) in [5.41, 5.74) is 7.39. The largest absolute Gasteiger partial charge is 0.372 e. The Kier molecular flexibility index (Phi) is 9.55. The van der Waals surface area contributed by atoms with Gasteiger partial charge >= 0.3 is 0 Å². The minimum atomic E-state index is -0.836. The summed E-state index contributed by atoms with van der Waals surface area (Å²) in [7, 11) is 0. The highest BCUT2D eigenvalue weighted by molar-refractivity contribution is 5.81. The average molecular weight is 590 g/mol. The van der Waals surface area contributed by atoms with Crippen molar-refractivity contribution in [1.29, 1.82) is 0 Å². The number of piperidine rings is 2. The number of benzene rings is 3. The first-order chi connectivity index (χ1) is 21.6. The van der Waals surface area contributed by atoms with E-state index in [1.165, 1.54) is 49.9 Å². The van der Waals surface area contributed by atoms with Crippen LogP contribution in [0.25, 0.3) is 5.57 Å². The maximum absolute atomic E-state index is 12.3. The first kappa shape index (κ1) is 29.9. The van der Waals surface area contributed by atoms with Crippen LogP contribution < -0.4 is 9.80 Å². The topological polar surface area (TPSA) is 66.7 Å². The molecule has 3 aliphatic rings. The summed E-state index contributed by atoms with van der Waals surface area (Å²) < 4.78 is 0. The number of carbonyl (C=O) groups is 1. The molecule has 0 unspecified atom stereocenters. The van der Waals surface area contributed by atoms with Crippen molar-refractivity contribution in [3.8, 4) is 0 Å². The molecule has 0 amide bonds. The highest BCUT2D eigenvalue weighted by Crippen LogP contribution is 2.41. The third kappa shape index (κ3) is 6.80. The van der Waals surface area contributed by atoms with Crippen molar-refractivity contribution in [2.75, 3.05) is 36.0 Å². The third-order valence-corrected chi connectivity index (χ3v) is 9.75. The standard InChI is InChI=1S/C38H43N3O3/c42-28-29-26-33(38(37(27-29)41(43)44)32-10-4-1-5-11-32)16-21-36(30-12-17-34(18-13-30)39-22-6-2-7-23-39)31-14-19-35(20-15-31)40-24-8-3-9-25-40/h1,4-5,10-15,17-21,26,28,33,37-38H,2-3,6-9,16,22-25,27H2/t33-,37-,38+/m0/s1. The maximum atomic E-state index is 12.3. The van der Waals surface area contributed by atoms with Gasteiger partial charge in [0.15, 0.2) is 0 Å². The number of aldehydes is 1. The van der Waals surface area contributed by atoms with Gasteiger partial charge in [0.05, 0.1) is 5.92 Å². The molecule has 228 valence electrons. The van der Waals surface area contributed by atoms with Crippen LogP contribution in [0.1, 0.15) is 74.0 Å². The Labute approximate surface area is 261 Å². The van der Waals surface area contributed by atoms with E-state index in [9.17, 15) is 14.9 Å². The van der Waals surface area contributed by atoms with Crippen molar-refractivity contribution in [3.05, 3.63) is 123 Å². The molecule has 0 radical (unpaired) electrons. The van der Waals surface area contributed by atoms with Crippen LogP contribution in [0.2, 0.25) is 0 Å². The van der Waals surface area contributed by atoms with Gasteiger partial charge in [-0.3, -0.25) is 14.9 Å². The van der Waals surface area contributed by atoms with Crippen LogP contribution in [0, 0.1) is 16.0 Å². The van der Waals surface area contributed by atoms with E-state index >= 15 is 0 Å². The molecule has 1 aliphatic carbocycles. The van der Waals surface area contributed by atoms with Crippen molar-refractivity contribution in [1.82, 2.24) is 0 Å². The van der Waals surface area contributed by atoms with E-state index in [-0.39, 0.29) is 23.2 Å². The van der Waals surface area contributed by atoms with Gasteiger partial charge in [0.25, 0.3) is 0 Å². The Morgan fingerprint density at radius 3 is 1.75 bits per heavy atom. The van der Waals surface area contributed by atoms with Crippen LogP contribution in [-0.2, 0) is 4.79 Å². The number of hydrogen-bond acceptors (Lipinski definition) is 5. The molecule has 6 heteroatoms. The summed E-state index contributed by atoms with van der Waals surface area (Å²) in [5, 5.41) is 12.3. The van der Waals surface area contributed by atoms with Crippen LogP contribution in [0.3, 0.4) is 0 Å². The predicted octanol–water partition coefficient (Wildman–Crippen LogP) is 8.06. The molecular weight excluding hydrogens is 546 g/mol. The zero-order valence-corrected chi connectivity index (χ0v) is 25.5. The maximum Gasteiger partial charge on any atom is 0.224 e. The number of allylic oxidation sites excluding steroid dienone is 2. The summed E-state index contributed by atoms with van der Waals surface area (Å²) in [5.74, 6) is -0.479. The number of rotatable bonds is 9. The summed E-state index contributed by atoms with van der Waals surface area (Å²) in [6.45, 7) is 4.41. The first-order valence-electron chi connectivity index (χ1n) is 16.4. The van der Waals surface area contributed by atoms with E-state index in [1.807, 2.05) is 36.4 Å². The van der Waals surface area contributed by atoms with Crippen LogP contribution >= 0.6 is 0 Å². The average Bonchev–Trinajstić information content (AvgIpc) is 3.09. The Hall–Kier alpha value is -4.19. The van der Waals surface area contributed by atoms with Gasteiger partial charge in [0.1, 0.15) is 6.29 Å². The molecule has 2 heterocycles. The summed E-state index contributed by atoms with van der Waals surface area (Å²) in [4.78, 5) is 29.0. The fourth-order valence-corrected chi connectivity index (χ4v) is 7.42. The lowest BCUT2D eigenvalue weighted by Crippen LogP contribution is -2.35. The third-order valence-electron chi connectivity index (χ3n) is 9.75. The monoisotopic (exact) mass is 589 g/mol. The van der Waals surface area contributed by atoms with Gasteiger partial charge in [0.2, 0.25) is 6.04 Å². The summed E-state index contributed by atoms with van der Waals surface area (Å²) in [6, 6.07) is 26.8. The van der Waals surface area contributed by atoms with Crippen molar-refractivity contribution in [2.24, 2.45) is 5.92 Å². The first-order valence-corrected chi connectivity index (χ1v) is 16.4. The van der Waals surface area contributed by atoms with E-state index in [4.69, 9.17) is 0 Å². The number of nitrogens with zero attached hydrogens (tertiary/aromatic N) is 3. The Morgan fingerprint density at radius 1 is 0.750 bits per heavy atom. The number of carbonyl (C=O) groups excluding carboxylic acids is 1. The molecule has 3 aromatic rings. The molecule has 6 nitrogen and oxygen atoms in total. The van der Waals surface area contributed by atoms with Crippen molar-refractivity contribution >= 4 is 23.2 Å². The lowest BCUT2D eigenvalue weighted by Gasteiger charge is -2.31. The predicted molar refractivity (Wildman–Crippen MR) is 179 cm³/mol. The molecular formula is C38H43N3O3. The van der Waals surface area contributed by atoms with E-state index < -0.39 is 6.04 Å². The minimum Gasteiger partial charge on any atom is -0.372 e. The smallest absolute Gasteiger partial charge is 0.224 e.